The summed E-state index contributed by atoms with van der Waals surface area (Å²) in [6, 6.07) is 19.6. The molecule has 1 saturated heterocycles. The van der Waals surface area contributed by atoms with E-state index in [-0.39, 0.29) is 5.91 Å². The lowest BCUT2D eigenvalue weighted by atomic mass is 10.1. The van der Waals surface area contributed by atoms with Gasteiger partial charge in [0.2, 0.25) is 0 Å². The van der Waals surface area contributed by atoms with Crippen LogP contribution in [0.2, 0.25) is 0 Å². The van der Waals surface area contributed by atoms with E-state index in [1.807, 2.05) is 60.7 Å². The molecule has 1 N–H and O–H groups in total. The Labute approximate surface area is 163 Å². The summed E-state index contributed by atoms with van der Waals surface area (Å²) in [6.45, 7) is 1.86. The summed E-state index contributed by atoms with van der Waals surface area (Å²) < 4.78 is 0. The van der Waals surface area contributed by atoms with Crippen molar-refractivity contribution in [3.63, 3.8) is 0 Å². The molecule has 2 aromatic carbocycles. The highest BCUT2D eigenvalue weighted by Gasteiger charge is 2.22. The molecule has 0 radical (unpaired) electrons. The predicted octanol–water partition coefficient (Wildman–Crippen LogP) is 4.64. The first kappa shape index (κ1) is 16.7. The smallest absolute Gasteiger partial charge is 0.259 e. The van der Waals surface area contributed by atoms with Crippen LogP contribution >= 0.6 is 0 Å². The van der Waals surface area contributed by atoms with Gasteiger partial charge in [-0.05, 0) is 37.1 Å². The molecule has 1 fully saturated rings. The van der Waals surface area contributed by atoms with Crippen molar-refractivity contribution in [2.24, 2.45) is 0 Å². The van der Waals surface area contributed by atoms with Gasteiger partial charge in [-0.2, -0.15) is 0 Å². The van der Waals surface area contributed by atoms with E-state index >= 15 is 0 Å². The Morgan fingerprint density at radius 2 is 1.71 bits per heavy atom. The zero-order valence-corrected chi connectivity index (χ0v) is 15.4. The van der Waals surface area contributed by atoms with Gasteiger partial charge in [0, 0.05) is 30.1 Å². The van der Waals surface area contributed by atoms with Crippen molar-refractivity contribution in [1.82, 2.24) is 9.97 Å². The van der Waals surface area contributed by atoms with Gasteiger partial charge in [0.25, 0.3) is 5.91 Å². The molecule has 0 atom stereocenters. The van der Waals surface area contributed by atoms with E-state index in [4.69, 9.17) is 4.98 Å². The molecular formula is C23H20N4O. The topological polar surface area (TPSA) is 58.1 Å². The number of pyridine rings is 2. The number of carbonyl (C=O) groups excluding carboxylic acids is 1. The second-order valence-corrected chi connectivity index (χ2v) is 7.08. The molecule has 1 amide bonds. The molecule has 1 aliphatic rings. The normalized spacial score (nSPS) is 13.9. The number of rotatable bonds is 3. The third-order valence-electron chi connectivity index (χ3n) is 5.23. The van der Waals surface area contributed by atoms with E-state index in [1.54, 1.807) is 6.20 Å². The van der Waals surface area contributed by atoms with Gasteiger partial charge in [-0.1, -0.05) is 36.4 Å². The Bertz CT molecular complexity index is 1180. The molecule has 5 nitrogen and oxygen atoms in total. The second-order valence-electron chi connectivity index (χ2n) is 7.08. The lowest BCUT2D eigenvalue weighted by molar-refractivity contribution is 0.102. The number of amides is 1. The lowest BCUT2D eigenvalue weighted by Gasteiger charge is -2.20. The molecule has 5 rings (SSSR count). The van der Waals surface area contributed by atoms with Crippen LogP contribution in [0.4, 0.5) is 11.5 Å². The number of aromatic nitrogens is 2. The molecule has 3 heterocycles. The minimum Gasteiger partial charge on any atom is -0.356 e. The van der Waals surface area contributed by atoms with Crippen LogP contribution in [-0.4, -0.2) is 29.0 Å². The van der Waals surface area contributed by atoms with Crippen molar-refractivity contribution < 1.29 is 4.79 Å². The number of benzene rings is 2. The van der Waals surface area contributed by atoms with Crippen LogP contribution in [0, 0.1) is 0 Å². The van der Waals surface area contributed by atoms with Crippen LogP contribution in [0.15, 0.2) is 66.9 Å². The average Bonchev–Trinajstić information content (AvgIpc) is 3.28. The summed E-state index contributed by atoms with van der Waals surface area (Å²) >= 11 is 0. The molecule has 0 aliphatic carbocycles. The van der Waals surface area contributed by atoms with E-state index in [0.29, 0.717) is 11.3 Å². The highest BCUT2D eigenvalue weighted by molar-refractivity contribution is 6.12. The van der Waals surface area contributed by atoms with Crippen LogP contribution in [-0.2, 0) is 0 Å². The van der Waals surface area contributed by atoms with Crippen molar-refractivity contribution in [2.45, 2.75) is 12.8 Å². The summed E-state index contributed by atoms with van der Waals surface area (Å²) in [5.74, 6) is 0.611. The van der Waals surface area contributed by atoms with Gasteiger partial charge in [-0.3, -0.25) is 9.78 Å². The van der Waals surface area contributed by atoms with E-state index in [0.717, 1.165) is 53.6 Å². The quantitative estimate of drug-likeness (QED) is 0.572. The Balaban J connectivity index is 1.59. The van der Waals surface area contributed by atoms with E-state index in [9.17, 15) is 4.79 Å². The first-order chi connectivity index (χ1) is 13.8. The largest absolute Gasteiger partial charge is 0.356 e. The number of fused-ring (bicyclic) bond motifs is 2. The lowest BCUT2D eigenvalue weighted by Crippen LogP contribution is -2.24. The number of nitrogens with zero attached hydrogens (tertiary/aromatic N) is 3. The zero-order chi connectivity index (χ0) is 18.9. The maximum atomic E-state index is 13.3. The van der Waals surface area contributed by atoms with Gasteiger partial charge >= 0.3 is 0 Å². The van der Waals surface area contributed by atoms with Crippen LogP contribution in [0.3, 0.4) is 0 Å². The molecule has 1 aliphatic heterocycles. The molecule has 28 heavy (non-hydrogen) atoms. The molecule has 138 valence electrons. The molecule has 4 aromatic rings. The molecule has 0 saturated carbocycles. The highest BCUT2D eigenvalue weighted by atomic mass is 16.1. The Kier molecular flexibility index (Phi) is 4.13. The fourth-order valence-electron chi connectivity index (χ4n) is 3.84. The number of para-hydroxylation sites is 2. The van der Waals surface area contributed by atoms with Crippen molar-refractivity contribution in [3.8, 4) is 0 Å². The number of carbonyl (C=O) groups is 1. The molecule has 0 bridgehead atoms. The molecule has 2 aromatic heterocycles. The standard InChI is InChI=1S/C23H20N4O/c28-23(26-20-11-5-8-16-9-6-12-24-21(16)20)18-15-17-7-1-2-10-19(17)25-22(18)27-13-3-4-14-27/h1-2,5-12,15H,3-4,13-14H2,(H,26,28). The van der Waals surface area contributed by atoms with E-state index in [2.05, 4.69) is 15.2 Å². The van der Waals surface area contributed by atoms with Crippen molar-refractivity contribution in [2.75, 3.05) is 23.3 Å². The number of hydrogen-bond donors (Lipinski definition) is 1. The van der Waals surface area contributed by atoms with Gasteiger partial charge in [0.1, 0.15) is 5.82 Å². The summed E-state index contributed by atoms with van der Waals surface area (Å²) in [6.07, 6.45) is 4.00. The summed E-state index contributed by atoms with van der Waals surface area (Å²) in [5.41, 5.74) is 3.01. The van der Waals surface area contributed by atoms with Crippen molar-refractivity contribution >= 4 is 39.2 Å². The summed E-state index contributed by atoms with van der Waals surface area (Å²) in [4.78, 5) is 24.8. The molecule has 0 unspecified atom stereocenters. The Hall–Kier alpha value is -3.47. The Morgan fingerprint density at radius 1 is 0.929 bits per heavy atom. The van der Waals surface area contributed by atoms with E-state index < -0.39 is 0 Å². The first-order valence-corrected chi connectivity index (χ1v) is 9.59. The molecular weight excluding hydrogens is 348 g/mol. The number of anilines is 2. The SMILES string of the molecule is O=C(Nc1cccc2cccnc12)c1cc2ccccc2nc1N1CCCC1. The van der Waals surface area contributed by atoms with Gasteiger partial charge in [0.15, 0.2) is 0 Å². The van der Waals surface area contributed by atoms with Gasteiger partial charge in [-0.25, -0.2) is 4.98 Å². The Morgan fingerprint density at radius 3 is 2.61 bits per heavy atom. The maximum absolute atomic E-state index is 13.3. The number of hydrogen-bond acceptors (Lipinski definition) is 4. The molecule has 0 spiro atoms. The van der Waals surface area contributed by atoms with Gasteiger partial charge < -0.3 is 10.2 Å². The third-order valence-corrected chi connectivity index (χ3v) is 5.23. The maximum Gasteiger partial charge on any atom is 0.259 e. The minimum atomic E-state index is -0.154. The monoisotopic (exact) mass is 368 g/mol. The first-order valence-electron chi connectivity index (χ1n) is 9.59. The summed E-state index contributed by atoms with van der Waals surface area (Å²) in [5, 5.41) is 5.02. The fourth-order valence-corrected chi connectivity index (χ4v) is 3.84. The highest BCUT2D eigenvalue weighted by Crippen LogP contribution is 2.28. The third kappa shape index (κ3) is 2.95. The van der Waals surface area contributed by atoms with E-state index in [1.165, 1.54) is 0 Å². The zero-order valence-electron chi connectivity index (χ0n) is 15.4. The molecule has 5 heteroatoms. The second kappa shape index (κ2) is 6.93. The number of nitrogens with one attached hydrogen (secondary N) is 1. The van der Waals surface area contributed by atoms with Crippen LogP contribution < -0.4 is 10.2 Å². The summed E-state index contributed by atoms with van der Waals surface area (Å²) in [7, 11) is 0. The van der Waals surface area contributed by atoms with Crippen LogP contribution in [0.25, 0.3) is 21.8 Å². The minimum absolute atomic E-state index is 0.154. The van der Waals surface area contributed by atoms with Crippen molar-refractivity contribution in [1.29, 1.82) is 0 Å². The van der Waals surface area contributed by atoms with Gasteiger partial charge in [-0.15, -0.1) is 0 Å². The van der Waals surface area contributed by atoms with Crippen LogP contribution in [0.1, 0.15) is 23.2 Å². The van der Waals surface area contributed by atoms with Crippen LogP contribution in [0.5, 0.6) is 0 Å². The predicted molar refractivity (Wildman–Crippen MR) is 113 cm³/mol. The fraction of sp³-hybridized carbons (Fsp3) is 0.174. The average molecular weight is 368 g/mol. The van der Waals surface area contributed by atoms with Gasteiger partial charge in [0.05, 0.1) is 22.3 Å². The van der Waals surface area contributed by atoms with Crippen molar-refractivity contribution in [3.05, 3.63) is 72.4 Å².